The molecule has 0 saturated carbocycles. The van der Waals surface area contributed by atoms with Crippen LogP contribution in [0.1, 0.15) is 39.0 Å². The number of unbranched alkanes of at least 4 members (excludes halogenated alkanes) is 3. The molecule has 1 aromatic carbocycles. The number of hydrogen-bond donors (Lipinski definition) is 2. The van der Waals surface area contributed by atoms with E-state index in [2.05, 4.69) is 12.2 Å². The number of para-hydroxylation sites is 2. The minimum absolute atomic E-state index is 0.0333. The fourth-order valence-corrected chi connectivity index (χ4v) is 1.73. The lowest BCUT2D eigenvalue weighted by Gasteiger charge is -2.08. The lowest BCUT2D eigenvalue weighted by Crippen LogP contribution is -2.25. The zero-order valence-corrected chi connectivity index (χ0v) is 11.7. The smallest absolute Gasteiger partial charge is 0.223 e. The fourth-order valence-electron chi connectivity index (χ4n) is 1.73. The summed E-state index contributed by atoms with van der Waals surface area (Å²) in [5.74, 6) is 0.671. The number of hydrogen-bond acceptors (Lipinski definition) is 3. The van der Waals surface area contributed by atoms with Gasteiger partial charge >= 0.3 is 0 Å². The molecule has 0 unspecified atom stereocenters. The Morgan fingerprint density at radius 2 is 2.05 bits per heavy atom. The summed E-state index contributed by atoms with van der Waals surface area (Å²) in [5.41, 5.74) is 6.34. The second-order valence-electron chi connectivity index (χ2n) is 4.55. The van der Waals surface area contributed by atoms with Crippen molar-refractivity contribution in [3.63, 3.8) is 0 Å². The Morgan fingerprint density at radius 3 is 2.79 bits per heavy atom. The van der Waals surface area contributed by atoms with Crippen LogP contribution in [0.2, 0.25) is 0 Å². The normalized spacial score (nSPS) is 10.2. The largest absolute Gasteiger partial charge is 0.491 e. The predicted octanol–water partition coefficient (Wildman–Crippen LogP) is 2.73. The Morgan fingerprint density at radius 1 is 1.26 bits per heavy atom. The monoisotopic (exact) mass is 264 g/mol. The summed E-state index contributed by atoms with van der Waals surface area (Å²) in [6, 6.07) is 7.30. The maximum absolute atomic E-state index is 11.5. The lowest BCUT2D eigenvalue weighted by atomic mass is 10.2. The second kappa shape index (κ2) is 9.25. The number of anilines is 1. The van der Waals surface area contributed by atoms with Crippen LogP contribution in [0.5, 0.6) is 5.75 Å². The van der Waals surface area contributed by atoms with Gasteiger partial charge in [0.25, 0.3) is 0 Å². The van der Waals surface area contributed by atoms with Gasteiger partial charge in [-0.25, -0.2) is 0 Å². The Balaban J connectivity index is 2.09. The van der Waals surface area contributed by atoms with E-state index >= 15 is 0 Å². The third kappa shape index (κ3) is 6.70. The van der Waals surface area contributed by atoms with E-state index in [4.69, 9.17) is 10.5 Å². The molecule has 3 N–H and O–H groups in total. The van der Waals surface area contributed by atoms with Crippen molar-refractivity contribution < 1.29 is 9.53 Å². The molecule has 19 heavy (non-hydrogen) atoms. The molecule has 1 rings (SSSR count). The van der Waals surface area contributed by atoms with Crippen LogP contribution in [-0.4, -0.2) is 19.1 Å². The summed E-state index contributed by atoms with van der Waals surface area (Å²) in [6.07, 6.45) is 5.02. The van der Waals surface area contributed by atoms with E-state index in [0.717, 1.165) is 13.0 Å². The van der Waals surface area contributed by atoms with Gasteiger partial charge in [0.15, 0.2) is 0 Å². The SMILES string of the molecule is CCCCCCNC(=O)CCOc1ccccc1N. The average molecular weight is 264 g/mol. The number of rotatable bonds is 9. The van der Waals surface area contributed by atoms with Gasteiger partial charge in [-0.1, -0.05) is 38.3 Å². The van der Waals surface area contributed by atoms with Crippen molar-refractivity contribution in [3.05, 3.63) is 24.3 Å². The van der Waals surface area contributed by atoms with Crippen molar-refractivity contribution in [2.24, 2.45) is 0 Å². The quantitative estimate of drug-likeness (QED) is 0.532. The highest BCUT2D eigenvalue weighted by Gasteiger charge is 2.03. The molecule has 1 aromatic rings. The van der Waals surface area contributed by atoms with Crippen LogP contribution in [0.3, 0.4) is 0 Å². The first-order chi connectivity index (χ1) is 9.24. The Labute approximate surface area is 115 Å². The van der Waals surface area contributed by atoms with Crippen LogP contribution in [0.25, 0.3) is 0 Å². The van der Waals surface area contributed by atoms with E-state index in [0.29, 0.717) is 24.5 Å². The van der Waals surface area contributed by atoms with Gasteiger partial charge in [-0.15, -0.1) is 0 Å². The van der Waals surface area contributed by atoms with E-state index in [1.165, 1.54) is 19.3 Å². The number of carbonyl (C=O) groups is 1. The van der Waals surface area contributed by atoms with Crippen LogP contribution < -0.4 is 15.8 Å². The molecule has 0 saturated heterocycles. The standard InChI is InChI=1S/C15H24N2O2/c1-2-3-4-7-11-17-15(18)10-12-19-14-9-6-5-8-13(14)16/h5-6,8-9H,2-4,7,10-12,16H2,1H3,(H,17,18). The molecule has 0 aliphatic carbocycles. The first kappa shape index (κ1) is 15.3. The molecule has 4 nitrogen and oxygen atoms in total. The summed E-state index contributed by atoms with van der Waals surface area (Å²) >= 11 is 0. The van der Waals surface area contributed by atoms with Crippen LogP contribution >= 0.6 is 0 Å². The van der Waals surface area contributed by atoms with Crippen molar-refractivity contribution in [2.75, 3.05) is 18.9 Å². The molecule has 1 amide bonds. The number of ether oxygens (including phenoxy) is 1. The Bertz CT molecular complexity index is 380. The Kier molecular flexibility index (Phi) is 7.47. The van der Waals surface area contributed by atoms with Gasteiger partial charge in [-0.05, 0) is 18.6 Å². The number of nitrogen functional groups attached to an aromatic ring is 1. The van der Waals surface area contributed by atoms with Gasteiger partial charge in [-0.3, -0.25) is 4.79 Å². The molecule has 4 heteroatoms. The van der Waals surface area contributed by atoms with E-state index in [9.17, 15) is 4.79 Å². The second-order valence-corrected chi connectivity index (χ2v) is 4.55. The van der Waals surface area contributed by atoms with Gasteiger partial charge in [0.05, 0.1) is 18.7 Å². The summed E-state index contributed by atoms with van der Waals surface area (Å²) in [5, 5.41) is 2.89. The molecular formula is C15H24N2O2. The molecule has 106 valence electrons. The van der Waals surface area contributed by atoms with Crippen molar-refractivity contribution in [3.8, 4) is 5.75 Å². The summed E-state index contributed by atoms with van der Waals surface area (Å²) in [4.78, 5) is 11.5. The van der Waals surface area contributed by atoms with Gasteiger partial charge in [0.2, 0.25) is 5.91 Å². The number of amides is 1. The zero-order chi connectivity index (χ0) is 13.9. The summed E-state index contributed by atoms with van der Waals surface area (Å²) in [6.45, 7) is 3.28. The van der Waals surface area contributed by atoms with Crippen molar-refractivity contribution in [2.45, 2.75) is 39.0 Å². The van der Waals surface area contributed by atoms with E-state index in [-0.39, 0.29) is 5.91 Å². The number of carbonyl (C=O) groups excluding carboxylic acids is 1. The van der Waals surface area contributed by atoms with E-state index < -0.39 is 0 Å². The molecule has 0 fully saturated rings. The molecule has 0 aliphatic heterocycles. The summed E-state index contributed by atoms with van der Waals surface area (Å²) in [7, 11) is 0. The van der Waals surface area contributed by atoms with Gasteiger partial charge in [0, 0.05) is 6.54 Å². The molecule has 0 bridgehead atoms. The number of benzene rings is 1. The van der Waals surface area contributed by atoms with Crippen molar-refractivity contribution in [1.29, 1.82) is 0 Å². The number of nitrogens with two attached hydrogens (primary N) is 1. The molecule has 0 aromatic heterocycles. The highest BCUT2D eigenvalue weighted by Crippen LogP contribution is 2.19. The molecule has 0 aliphatic rings. The van der Waals surface area contributed by atoms with E-state index in [1.54, 1.807) is 12.1 Å². The number of nitrogens with one attached hydrogen (secondary N) is 1. The predicted molar refractivity (Wildman–Crippen MR) is 78.1 cm³/mol. The third-order valence-corrected chi connectivity index (χ3v) is 2.86. The molecule has 0 radical (unpaired) electrons. The lowest BCUT2D eigenvalue weighted by molar-refractivity contribution is -0.121. The van der Waals surface area contributed by atoms with Gasteiger partial charge in [0.1, 0.15) is 5.75 Å². The van der Waals surface area contributed by atoms with Crippen LogP contribution in [-0.2, 0) is 4.79 Å². The Hall–Kier alpha value is -1.71. The minimum Gasteiger partial charge on any atom is -0.491 e. The molecule has 0 atom stereocenters. The highest BCUT2D eigenvalue weighted by atomic mass is 16.5. The molecular weight excluding hydrogens is 240 g/mol. The minimum atomic E-state index is 0.0333. The van der Waals surface area contributed by atoms with Crippen molar-refractivity contribution >= 4 is 11.6 Å². The van der Waals surface area contributed by atoms with Gasteiger partial charge < -0.3 is 15.8 Å². The maximum Gasteiger partial charge on any atom is 0.223 e. The highest BCUT2D eigenvalue weighted by molar-refractivity contribution is 5.75. The van der Waals surface area contributed by atoms with E-state index in [1.807, 2.05) is 12.1 Å². The fraction of sp³-hybridized carbons (Fsp3) is 0.533. The average Bonchev–Trinajstić information content (AvgIpc) is 2.41. The molecule has 0 heterocycles. The van der Waals surface area contributed by atoms with Crippen LogP contribution in [0.4, 0.5) is 5.69 Å². The maximum atomic E-state index is 11.5. The zero-order valence-electron chi connectivity index (χ0n) is 11.7. The first-order valence-corrected chi connectivity index (χ1v) is 6.98. The van der Waals surface area contributed by atoms with Crippen LogP contribution in [0.15, 0.2) is 24.3 Å². The van der Waals surface area contributed by atoms with Crippen LogP contribution in [0, 0.1) is 0 Å². The topological polar surface area (TPSA) is 64.3 Å². The van der Waals surface area contributed by atoms with Gasteiger partial charge in [-0.2, -0.15) is 0 Å². The molecule has 0 spiro atoms. The third-order valence-electron chi connectivity index (χ3n) is 2.86. The van der Waals surface area contributed by atoms with Crippen molar-refractivity contribution in [1.82, 2.24) is 5.32 Å². The summed E-state index contributed by atoms with van der Waals surface area (Å²) < 4.78 is 5.47. The first-order valence-electron chi connectivity index (χ1n) is 6.98.